The molecule has 1 saturated carbocycles. The average Bonchev–Trinajstić information content (AvgIpc) is 3.58. The molecule has 3 atom stereocenters. The third-order valence-electron chi connectivity index (χ3n) is 9.01. The Bertz CT molecular complexity index is 1610. The van der Waals surface area contributed by atoms with Crippen molar-refractivity contribution in [3.05, 3.63) is 53.6 Å². The van der Waals surface area contributed by atoms with Crippen LogP contribution in [0.5, 0.6) is 0 Å². The SMILES string of the molecule is Cc1nccn1CCCCc1ccc(CC(=O)N[C@@H](CO)C(=O)N[C@@H](CCCCN)C(=O)NC(C(=O)O)C2CCCCC2)cc1.O=C(O)C(F)(F)F.O=C(O)C(F)(F)F. The Balaban J connectivity index is 0.00000106. The van der Waals surface area contributed by atoms with Gasteiger partial charge in [0.05, 0.1) is 13.0 Å². The number of nitrogens with zero attached hydrogens (tertiary/aromatic N) is 2. The standard InChI is InChI=1S/C33H50N6O6.2C2HF3O2/c1-23-35-18-20-39(23)19-8-6-9-24-13-15-25(16-14-24)21-29(41)36-28(22-40)32(43)37-27(12-5-7-17-34)31(42)38-30(33(44)45)26-10-3-2-4-11-26;2*3-2(4,5)1(6)7/h13-16,18,20,26-28,30,40H,2-12,17,19,21-22,34H2,1H3,(H,36,41)(H,37,43)(H,38,42)(H,44,45);2*(H,6,7)/t27-,28-,30?;;/m0../s1. The van der Waals surface area contributed by atoms with Crippen molar-refractivity contribution in [1.82, 2.24) is 25.5 Å². The van der Waals surface area contributed by atoms with E-state index in [4.69, 9.17) is 25.5 Å². The van der Waals surface area contributed by atoms with Gasteiger partial charge in [0.15, 0.2) is 0 Å². The smallest absolute Gasteiger partial charge is 0.480 e. The van der Waals surface area contributed by atoms with Crippen LogP contribution in [0.15, 0.2) is 36.7 Å². The molecule has 0 radical (unpaired) electrons. The number of amides is 3. The molecule has 1 aliphatic carbocycles. The summed E-state index contributed by atoms with van der Waals surface area (Å²) in [5.41, 5.74) is 7.54. The van der Waals surface area contributed by atoms with Gasteiger partial charge in [-0.1, -0.05) is 43.5 Å². The van der Waals surface area contributed by atoms with Crippen LogP contribution in [0.4, 0.5) is 26.3 Å². The highest BCUT2D eigenvalue weighted by molar-refractivity contribution is 5.93. The van der Waals surface area contributed by atoms with Gasteiger partial charge in [-0.05, 0) is 81.9 Å². The van der Waals surface area contributed by atoms with Crippen molar-refractivity contribution >= 4 is 35.6 Å². The van der Waals surface area contributed by atoms with E-state index in [-0.39, 0.29) is 18.8 Å². The topological polar surface area (TPSA) is 263 Å². The van der Waals surface area contributed by atoms with E-state index in [1.54, 1.807) is 6.20 Å². The number of hydrogen-bond donors (Lipinski definition) is 8. The number of nitrogens with two attached hydrogens (primary N) is 1. The predicted octanol–water partition coefficient (Wildman–Crippen LogP) is 3.26. The minimum absolute atomic E-state index is 0.0199. The highest BCUT2D eigenvalue weighted by Crippen LogP contribution is 2.27. The Morgan fingerprint density at radius 3 is 1.81 bits per heavy atom. The third-order valence-corrected chi connectivity index (χ3v) is 9.01. The van der Waals surface area contributed by atoms with Crippen molar-refractivity contribution in [2.24, 2.45) is 11.7 Å². The number of aliphatic hydroxyl groups is 1. The molecule has 0 spiro atoms. The van der Waals surface area contributed by atoms with Crippen molar-refractivity contribution in [2.45, 2.75) is 121 Å². The van der Waals surface area contributed by atoms with E-state index in [9.17, 15) is 55.7 Å². The van der Waals surface area contributed by atoms with Gasteiger partial charge in [-0.15, -0.1) is 0 Å². The molecule has 3 rings (SSSR count). The molecule has 1 fully saturated rings. The highest BCUT2D eigenvalue weighted by Gasteiger charge is 2.39. The molecule has 1 unspecified atom stereocenters. The zero-order valence-electron chi connectivity index (χ0n) is 32.4. The van der Waals surface area contributed by atoms with Crippen molar-refractivity contribution < 1.29 is 75.5 Å². The minimum Gasteiger partial charge on any atom is -0.480 e. The normalized spacial score (nSPS) is 14.5. The predicted molar refractivity (Wildman–Crippen MR) is 197 cm³/mol. The van der Waals surface area contributed by atoms with E-state index >= 15 is 0 Å². The van der Waals surface area contributed by atoms with Crippen LogP contribution in [0.3, 0.4) is 0 Å². The number of benzene rings is 1. The summed E-state index contributed by atoms with van der Waals surface area (Å²) in [7, 11) is 0. The fraction of sp³-hybridized carbons (Fsp3) is 0.595. The summed E-state index contributed by atoms with van der Waals surface area (Å²) in [6, 6.07) is 4.40. The number of unbranched alkanes of at least 4 members (excludes halogenated alkanes) is 2. The molecule has 1 heterocycles. The lowest BCUT2D eigenvalue weighted by atomic mass is 9.83. The number of nitrogens with one attached hydrogen (secondary N) is 3. The second kappa shape index (κ2) is 26.0. The molecule has 1 aromatic carbocycles. The number of halogens is 6. The zero-order valence-corrected chi connectivity index (χ0v) is 32.4. The van der Waals surface area contributed by atoms with Crippen LogP contribution in [0.1, 0.15) is 81.2 Å². The van der Waals surface area contributed by atoms with Crippen molar-refractivity contribution in [3.63, 3.8) is 0 Å². The second-order valence-electron chi connectivity index (χ2n) is 13.6. The van der Waals surface area contributed by atoms with Crippen LogP contribution in [0.25, 0.3) is 0 Å². The molecule has 9 N–H and O–H groups in total. The average molecular weight is 855 g/mol. The number of imidazole rings is 1. The number of aliphatic hydroxyl groups excluding tert-OH is 1. The van der Waals surface area contributed by atoms with E-state index in [0.717, 1.165) is 69.3 Å². The molecule has 59 heavy (non-hydrogen) atoms. The summed E-state index contributed by atoms with van der Waals surface area (Å²) >= 11 is 0. The van der Waals surface area contributed by atoms with Crippen LogP contribution in [0.2, 0.25) is 0 Å². The van der Waals surface area contributed by atoms with Crippen LogP contribution in [-0.2, 0) is 48.2 Å². The molecule has 3 amide bonds. The fourth-order valence-electron chi connectivity index (χ4n) is 5.84. The van der Waals surface area contributed by atoms with Gasteiger partial charge in [0.2, 0.25) is 17.7 Å². The van der Waals surface area contributed by atoms with Gasteiger partial charge in [-0.3, -0.25) is 14.4 Å². The maximum absolute atomic E-state index is 13.2. The number of aliphatic carboxylic acids is 3. The lowest BCUT2D eigenvalue weighted by molar-refractivity contribution is -0.193. The number of alkyl halides is 6. The minimum atomic E-state index is -5.08. The number of carbonyl (C=O) groups excluding carboxylic acids is 3. The van der Waals surface area contributed by atoms with Gasteiger partial charge in [-0.25, -0.2) is 19.4 Å². The van der Waals surface area contributed by atoms with Crippen LogP contribution >= 0.6 is 0 Å². The lowest BCUT2D eigenvalue weighted by Crippen LogP contribution is -2.57. The summed E-state index contributed by atoms with van der Waals surface area (Å²) in [6.45, 7) is 2.66. The van der Waals surface area contributed by atoms with Gasteiger partial charge in [0, 0.05) is 18.9 Å². The van der Waals surface area contributed by atoms with E-state index < -0.39 is 72.7 Å². The first-order valence-electron chi connectivity index (χ1n) is 18.7. The summed E-state index contributed by atoms with van der Waals surface area (Å²) in [5, 5.41) is 41.8. The van der Waals surface area contributed by atoms with Gasteiger partial charge in [0.1, 0.15) is 23.9 Å². The second-order valence-corrected chi connectivity index (χ2v) is 13.6. The molecule has 0 bridgehead atoms. The number of carbonyl (C=O) groups is 6. The summed E-state index contributed by atoms with van der Waals surface area (Å²) < 4.78 is 65.6. The van der Waals surface area contributed by atoms with Crippen LogP contribution in [0, 0.1) is 12.8 Å². The van der Waals surface area contributed by atoms with Crippen molar-refractivity contribution in [1.29, 1.82) is 0 Å². The summed E-state index contributed by atoms with van der Waals surface area (Å²) in [6.07, 6.45) is 2.31. The first-order chi connectivity index (χ1) is 27.6. The quantitative estimate of drug-likeness (QED) is 0.0748. The number of carboxylic acids is 3. The molecular formula is C37H52F6N6O10. The first kappa shape index (κ1) is 51.8. The van der Waals surface area contributed by atoms with Gasteiger partial charge < -0.3 is 46.7 Å². The molecule has 22 heteroatoms. The Labute approximate surface area is 335 Å². The molecule has 2 aromatic rings. The molecule has 332 valence electrons. The Morgan fingerprint density at radius 2 is 1.34 bits per heavy atom. The molecule has 0 saturated heterocycles. The first-order valence-corrected chi connectivity index (χ1v) is 18.7. The van der Waals surface area contributed by atoms with Gasteiger partial charge >= 0.3 is 30.3 Å². The monoisotopic (exact) mass is 854 g/mol. The Morgan fingerprint density at radius 1 is 0.797 bits per heavy atom. The van der Waals surface area contributed by atoms with Crippen LogP contribution < -0.4 is 21.7 Å². The zero-order chi connectivity index (χ0) is 44.8. The number of rotatable bonds is 19. The van der Waals surface area contributed by atoms with Crippen molar-refractivity contribution in [3.8, 4) is 0 Å². The molecule has 16 nitrogen and oxygen atoms in total. The number of aryl methyl sites for hydroxylation is 3. The number of aromatic nitrogens is 2. The number of carboxylic acid groups (broad SMARTS) is 3. The Hall–Kier alpha value is -5.25. The van der Waals surface area contributed by atoms with E-state index in [1.807, 2.05) is 37.4 Å². The molecule has 0 aliphatic heterocycles. The summed E-state index contributed by atoms with van der Waals surface area (Å²) in [5.74, 6) is -7.54. The molecular weight excluding hydrogens is 802 g/mol. The maximum atomic E-state index is 13.2. The molecule has 1 aliphatic rings. The third kappa shape index (κ3) is 20.8. The number of hydrogen-bond acceptors (Lipinski definition) is 9. The maximum Gasteiger partial charge on any atom is 0.490 e. The van der Waals surface area contributed by atoms with E-state index in [2.05, 4.69) is 25.5 Å². The Kier molecular flexibility index (Phi) is 22.8. The van der Waals surface area contributed by atoms with Gasteiger partial charge in [0.25, 0.3) is 0 Å². The van der Waals surface area contributed by atoms with Crippen molar-refractivity contribution in [2.75, 3.05) is 13.2 Å². The fourth-order valence-corrected chi connectivity index (χ4v) is 5.84. The molecule has 1 aromatic heterocycles. The van der Waals surface area contributed by atoms with Crippen LogP contribution in [-0.4, -0.2) is 109 Å². The highest BCUT2D eigenvalue weighted by atomic mass is 19.4. The van der Waals surface area contributed by atoms with E-state index in [0.29, 0.717) is 19.4 Å². The van der Waals surface area contributed by atoms with E-state index in [1.165, 1.54) is 5.56 Å². The summed E-state index contributed by atoms with van der Waals surface area (Å²) in [4.78, 5) is 73.1. The van der Waals surface area contributed by atoms with Gasteiger partial charge in [-0.2, -0.15) is 26.3 Å². The lowest BCUT2D eigenvalue weighted by Gasteiger charge is -2.30. The largest absolute Gasteiger partial charge is 0.490 e.